The Morgan fingerprint density at radius 2 is 1.76 bits per heavy atom. The molecule has 0 saturated heterocycles. The maximum atomic E-state index is 8.68. The predicted octanol–water partition coefficient (Wildman–Crippen LogP) is 1.03. The molecule has 3 N–H and O–H groups in total. The summed E-state index contributed by atoms with van der Waals surface area (Å²) >= 11 is 0. The number of hydrogen-bond donors (Lipinski definition) is 2. The Morgan fingerprint density at radius 1 is 1.18 bits per heavy atom. The van der Waals surface area contributed by atoms with Gasteiger partial charge in [0.1, 0.15) is 5.84 Å². The van der Waals surface area contributed by atoms with E-state index in [1.807, 2.05) is 13.8 Å². The summed E-state index contributed by atoms with van der Waals surface area (Å²) in [5, 5.41) is 11.8. The van der Waals surface area contributed by atoms with Gasteiger partial charge >= 0.3 is 0 Å². The number of hydrogen-bond acceptors (Lipinski definition) is 4. The van der Waals surface area contributed by atoms with Crippen molar-refractivity contribution in [1.82, 2.24) is 9.80 Å². The topological polar surface area (TPSA) is 65.1 Å². The Morgan fingerprint density at radius 3 is 2.24 bits per heavy atom. The first kappa shape index (κ1) is 16.2. The minimum absolute atomic E-state index is 0.245. The summed E-state index contributed by atoms with van der Waals surface area (Å²) in [5.41, 5.74) is 5.41. The smallest absolute Gasteiger partial charge is 0.144 e. The molecule has 0 amide bonds. The Labute approximate surface area is 105 Å². The molecule has 0 heterocycles. The fourth-order valence-electron chi connectivity index (χ4n) is 1.50. The summed E-state index contributed by atoms with van der Waals surface area (Å²) in [5.74, 6) is 0.305. The average Bonchev–Trinajstić information content (AvgIpc) is 2.24. The van der Waals surface area contributed by atoms with Gasteiger partial charge in [-0.05, 0) is 53.6 Å². The second-order valence-corrected chi connectivity index (χ2v) is 5.58. The van der Waals surface area contributed by atoms with Gasteiger partial charge in [0.15, 0.2) is 0 Å². The minimum atomic E-state index is -0.245. The average molecular weight is 244 g/mol. The van der Waals surface area contributed by atoms with Gasteiger partial charge in [-0.3, -0.25) is 0 Å². The molecule has 0 aliphatic carbocycles. The van der Waals surface area contributed by atoms with E-state index in [-0.39, 0.29) is 5.41 Å². The van der Waals surface area contributed by atoms with Gasteiger partial charge in [0.25, 0.3) is 0 Å². The first-order valence-electron chi connectivity index (χ1n) is 6.11. The van der Waals surface area contributed by atoms with Crippen molar-refractivity contribution in [1.29, 1.82) is 0 Å². The Kier molecular flexibility index (Phi) is 7.15. The van der Waals surface area contributed by atoms with Crippen LogP contribution in [-0.4, -0.2) is 61.6 Å². The quantitative estimate of drug-likeness (QED) is 0.290. The van der Waals surface area contributed by atoms with Crippen LogP contribution in [0.1, 0.15) is 26.7 Å². The van der Waals surface area contributed by atoms with Crippen LogP contribution in [0.2, 0.25) is 0 Å². The lowest BCUT2D eigenvalue weighted by Gasteiger charge is -2.26. The molecular formula is C12H28N4O. The normalized spacial score (nSPS) is 13.7. The molecule has 0 saturated carbocycles. The number of oxime groups is 1. The lowest BCUT2D eigenvalue weighted by Crippen LogP contribution is -2.35. The summed E-state index contributed by atoms with van der Waals surface area (Å²) in [6.45, 7) is 7.13. The molecule has 102 valence electrons. The van der Waals surface area contributed by atoms with Crippen molar-refractivity contribution >= 4 is 5.84 Å². The van der Waals surface area contributed by atoms with E-state index in [4.69, 9.17) is 10.9 Å². The van der Waals surface area contributed by atoms with Crippen molar-refractivity contribution in [2.24, 2.45) is 16.3 Å². The Hall–Kier alpha value is -0.810. The molecule has 0 bridgehead atoms. The van der Waals surface area contributed by atoms with E-state index in [2.05, 4.69) is 36.1 Å². The van der Waals surface area contributed by atoms with Gasteiger partial charge in [-0.25, -0.2) is 0 Å². The monoisotopic (exact) mass is 244 g/mol. The van der Waals surface area contributed by atoms with E-state index in [0.29, 0.717) is 5.84 Å². The second kappa shape index (κ2) is 7.50. The van der Waals surface area contributed by atoms with Crippen molar-refractivity contribution in [2.45, 2.75) is 26.7 Å². The summed E-state index contributed by atoms with van der Waals surface area (Å²) in [6.07, 6.45) is 2.05. The van der Waals surface area contributed by atoms with Crippen LogP contribution in [0.3, 0.4) is 0 Å². The van der Waals surface area contributed by atoms with E-state index >= 15 is 0 Å². The van der Waals surface area contributed by atoms with Crippen LogP contribution in [0, 0.1) is 5.41 Å². The maximum absolute atomic E-state index is 8.68. The first-order chi connectivity index (χ1) is 7.79. The van der Waals surface area contributed by atoms with Crippen LogP contribution in [0.15, 0.2) is 5.16 Å². The molecule has 0 rings (SSSR count). The molecule has 0 aromatic carbocycles. The molecule has 0 radical (unpaired) electrons. The molecule has 0 unspecified atom stereocenters. The van der Waals surface area contributed by atoms with Crippen molar-refractivity contribution < 1.29 is 5.21 Å². The Balaban J connectivity index is 3.87. The van der Waals surface area contributed by atoms with Gasteiger partial charge in [-0.1, -0.05) is 19.0 Å². The maximum Gasteiger partial charge on any atom is 0.144 e. The molecule has 0 aromatic rings. The molecule has 0 aliphatic rings. The SMILES string of the molecule is CN(C)CCCN(C)CCC(C)(C)C(N)=NO. The highest BCUT2D eigenvalue weighted by Crippen LogP contribution is 2.20. The van der Waals surface area contributed by atoms with Crippen LogP contribution in [0.25, 0.3) is 0 Å². The van der Waals surface area contributed by atoms with Gasteiger partial charge in [0.05, 0.1) is 0 Å². The number of amidine groups is 1. The third kappa shape index (κ3) is 7.18. The van der Waals surface area contributed by atoms with Crippen molar-refractivity contribution in [3.05, 3.63) is 0 Å². The molecule has 0 aromatic heterocycles. The van der Waals surface area contributed by atoms with Crippen LogP contribution < -0.4 is 5.73 Å². The highest BCUT2D eigenvalue weighted by Gasteiger charge is 2.23. The second-order valence-electron chi connectivity index (χ2n) is 5.58. The summed E-state index contributed by atoms with van der Waals surface area (Å²) in [6, 6.07) is 0. The van der Waals surface area contributed by atoms with Crippen LogP contribution >= 0.6 is 0 Å². The Bertz CT molecular complexity index is 239. The van der Waals surface area contributed by atoms with Crippen LogP contribution in [0.4, 0.5) is 0 Å². The molecule has 0 atom stereocenters. The van der Waals surface area contributed by atoms with Crippen molar-refractivity contribution in [3.8, 4) is 0 Å². The van der Waals surface area contributed by atoms with Gasteiger partial charge in [0, 0.05) is 5.41 Å². The highest BCUT2D eigenvalue weighted by atomic mass is 16.4. The van der Waals surface area contributed by atoms with Crippen molar-refractivity contribution in [2.75, 3.05) is 40.8 Å². The number of rotatable bonds is 8. The zero-order chi connectivity index (χ0) is 13.5. The van der Waals surface area contributed by atoms with Crippen LogP contribution in [0.5, 0.6) is 0 Å². The fourth-order valence-corrected chi connectivity index (χ4v) is 1.50. The number of nitrogens with two attached hydrogens (primary N) is 1. The fraction of sp³-hybridized carbons (Fsp3) is 0.917. The molecule has 5 nitrogen and oxygen atoms in total. The third-order valence-electron chi connectivity index (χ3n) is 3.06. The molecule has 5 heteroatoms. The zero-order valence-corrected chi connectivity index (χ0v) is 11.9. The van der Waals surface area contributed by atoms with Gasteiger partial charge in [-0.2, -0.15) is 0 Å². The molecule has 0 fully saturated rings. The molecule has 0 spiro atoms. The molecule has 17 heavy (non-hydrogen) atoms. The number of nitrogens with zero attached hydrogens (tertiary/aromatic N) is 3. The van der Waals surface area contributed by atoms with Gasteiger partial charge in [-0.15, -0.1) is 0 Å². The highest BCUT2D eigenvalue weighted by molar-refractivity contribution is 5.85. The molecule has 0 aliphatic heterocycles. The summed E-state index contributed by atoms with van der Waals surface area (Å²) in [7, 11) is 6.28. The first-order valence-corrected chi connectivity index (χ1v) is 6.11. The molecular weight excluding hydrogens is 216 g/mol. The lowest BCUT2D eigenvalue weighted by atomic mass is 9.88. The lowest BCUT2D eigenvalue weighted by molar-refractivity contribution is 0.264. The standard InChI is InChI=1S/C12H28N4O/c1-12(2,11(13)14-17)7-10-16(5)9-6-8-15(3)4/h17H,6-10H2,1-5H3,(H2,13,14). The minimum Gasteiger partial charge on any atom is -0.409 e. The zero-order valence-electron chi connectivity index (χ0n) is 11.9. The van der Waals surface area contributed by atoms with Crippen LogP contribution in [-0.2, 0) is 0 Å². The van der Waals surface area contributed by atoms with E-state index in [1.54, 1.807) is 0 Å². The van der Waals surface area contributed by atoms with Gasteiger partial charge < -0.3 is 20.7 Å². The van der Waals surface area contributed by atoms with E-state index in [9.17, 15) is 0 Å². The third-order valence-corrected chi connectivity index (χ3v) is 3.06. The van der Waals surface area contributed by atoms with E-state index in [1.165, 1.54) is 0 Å². The van der Waals surface area contributed by atoms with Crippen molar-refractivity contribution in [3.63, 3.8) is 0 Å². The predicted molar refractivity (Wildman–Crippen MR) is 72.5 cm³/mol. The largest absolute Gasteiger partial charge is 0.409 e. The summed E-state index contributed by atoms with van der Waals surface area (Å²) < 4.78 is 0. The van der Waals surface area contributed by atoms with E-state index in [0.717, 1.165) is 32.5 Å². The van der Waals surface area contributed by atoms with Gasteiger partial charge in [0.2, 0.25) is 0 Å². The summed E-state index contributed by atoms with van der Waals surface area (Å²) in [4.78, 5) is 4.48. The van der Waals surface area contributed by atoms with E-state index < -0.39 is 0 Å².